The van der Waals surface area contributed by atoms with Gasteiger partial charge in [-0.2, -0.15) is 0 Å². The van der Waals surface area contributed by atoms with Crippen LogP contribution in [0, 0.1) is 5.92 Å². The molecule has 0 aliphatic rings. The number of carbonyl (C=O) groups is 4. The maximum Gasteiger partial charge on any atom is 0.472 e. The molecule has 3 unspecified atom stereocenters. The van der Waals surface area contributed by atoms with Crippen LogP contribution in [0.25, 0.3) is 0 Å². The average molecular weight is 1480 g/mol. The van der Waals surface area contributed by atoms with Gasteiger partial charge in [0.2, 0.25) is 0 Å². The number of hydrogen-bond acceptors (Lipinski definition) is 15. The van der Waals surface area contributed by atoms with Crippen molar-refractivity contribution in [3.05, 3.63) is 0 Å². The summed E-state index contributed by atoms with van der Waals surface area (Å²) >= 11 is 0. The quantitative estimate of drug-likeness (QED) is 0.0222. The smallest absolute Gasteiger partial charge is 0.462 e. The largest absolute Gasteiger partial charge is 0.472 e. The van der Waals surface area contributed by atoms with E-state index in [0.29, 0.717) is 25.7 Å². The van der Waals surface area contributed by atoms with Gasteiger partial charge in [-0.25, -0.2) is 9.13 Å². The van der Waals surface area contributed by atoms with Crippen molar-refractivity contribution in [1.29, 1.82) is 0 Å². The number of phosphoric ester groups is 2. The van der Waals surface area contributed by atoms with Gasteiger partial charge in [0.1, 0.15) is 19.3 Å². The maximum absolute atomic E-state index is 13.1. The van der Waals surface area contributed by atoms with E-state index in [4.69, 9.17) is 37.0 Å². The van der Waals surface area contributed by atoms with Gasteiger partial charge in [-0.05, 0) is 31.6 Å². The molecule has 6 atom stereocenters. The minimum atomic E-state index is -4.96. The minimum absolute atomic E-state index is 0.109. The van der Waals surface area contributed by atoms with Gasteiger partial charge in [-0.3, -0.25) is 37.3 Å². The summed E-state index contributed by atoms with van der Waals surface area (Å²) in [7, 11) is -9.92. The third-order valence-electron chi connectivity index (χ3n) is 19.6. The van der Waals surface area contributed by atoms with Crippen molar-refractivity contribution < 1.29 is 80.2 Å². The average Bonchev–Trinajstić information content (AvgIpc) is 1.35. The van der Waals surface area contributed by atoms with Crippen LogP contribution in [0.1, 0.15) is 439 Å². The lowest BCUT2D eigenvalue weighted by Gasteiger charge is -2.21. The molecule has 0 rings (SSSR count). The molecule has 0 radical (unpaired) electrons. The van der Waals surface area contributed by atoms with E-state index in [2.05, 4.69) is 34.6 Å². The third-order valence-corrected chi connectivity index (χ3v) is 21.5. The third kappa shape index (κ3) is 74.7. The van der Waals surface area contributed by atoms with E-state index in [-0.39, 0.29) is 25.7 Å². The summed E-state index contributed by atoms with van der Waals surface area (Å²) in [5.41, 5.74) is 0. The van der Waals surface area contributed by atoms with Gasteiger partial charge in [0.15, 0.2) is 12.2 Å². The number of unbranched alkanes of at least 4 members (excludes halogenated alkanes) is 53. The zero-order valence-electron chi connectivity index (χ0n) is 66.1. The molecule has 101 heavy (non-hydrogen) atoms. The number of aliphatic hydroxyl groups is 1. The van der Waals surface area contributed by atoms with E-state index in [9.17, 15) is 43.2 Å². The molecular weight excluding hydrogens is 1320 g/mol. The normalized spacial score (nSPS) is 14.1. The van der Waals surface area contributed by atoms with Crippen molar-refractivity contribution >= 4 is 39.5 Å². The lowest BCUT2D eigenvalue weighted by atomic mass is 9.99. The Balaban J connectivity index is 5.23. The van der Waals surface area contributed by atoms with Crippen LogP contribution in [0.4, 0.5) is 0 Å². The van der Waals surface area contributed by atoms with Crippen LogP contribution in [-0.4, -0.2) is 96.7 Å². The highest BCUT2D eigenvalue weighted by molar-refractivity contribution is 7.47. The van der Waals surface area contributed by atoms with Crippen molar-refractivity contribution in [2.45, 2.75) is 457 Å². The Morgan fingerprint density at radius 1 is 0.277 bits per heavy atom. The molecule has 0 bridgehead atoms. The molecule has 600 valence electrons. The molecule has 0 amide bonds. The molecule has 3 N–H and O–H groups in total. The second-order valence-electron chi connectivity index (χ2n) is 29.8. The summed E-state index contributed by atoms with van der Waals surface area (Å²) in [6.45, 7) is 7.37. The fraction of sp³-hybridized carbons (Fsp3) is 0.951. The van der Waals surface area contributed by atoms with E-state index < -0.39 is 97.5 Å². The number of ether oxygens (including phenoxy) is 4. The molecule has 17 nitrogen and oxygen atoms in total. The lowest BCUT2D eigenvalue weighted by Crippen LogP contribution is -2.30. The zero-order chi connectivity index (χ0) is 74.1. The minimum Gasteiger partial charge on any atom is -0.462 e. The van der Waals surface area contributed by atoms with Crippen LogP contribution in [0.2, 0.25) is 0 Å². The topological polar surface area (TPSA) is 237 Å². The Bertz CT molecular complexity index is 1930. The number of carbonyl (C=O) groups excluding carboxylic acids is 4. The van der Waals surface area contributed by atoms with Crippen LogP contribution in [0.15, 0.2) is 0 Å². The SMILES string of the molecule is CCCCCCCCCCCCCCCCCCCCCCCC(=O)O[C@H](COC(=O)CCCCCCCCCCCCC(C)CC)COP(=O)(O)OC[C@@H](O)COP(=O)(O)OC[C@@H](COC(=O)CCCCCCCCCCCCCC)OC(=O)CCCCCCCCCCCCCCCC. The number of phosphoric acid groups is 2. The molecule has 0 aliphatic heterocycles. The van der Waals surface area contributed by atoms with Crippen molar-refractivity contribution in [2.75, 3.05) is 39.6 Å². The Hall–Kier alpha value is -1.94. The Morgan fingerprint density at radius 3 is 0.703 bits per heavy atom. The van der Waals surface area contributed by atoms with Crippen LogP contribution in [0.3, 0.4) is 0 Å². The summed E-state index contributed by atoms with van der Waals surface area (Å²) in [6, 6.07) is 0. The molecule has 0 saturated carbocycles. The van der Waals surface area contributed by atoms with Crippen LogP contribution in [-0.2, 0) is 65.4 Å². The molecule has 0 aromatic heterocycles. The van der Waals surface area contributed by atoms with Gasteiger partial charge in [-0.1, -0.05) is 388 Å². The molecule has 0 aliphatic carbocycles. The molecule has 0 spiro atoms. The molecular formula is C82H160O17P2. The standard InChI is InChI=1S/C82H160O17P2/c1-6-10-13-16-19-22-25-28-30-31-32-33-34-35-36-38-41-48-53-58-63-68-82(87)99-78(72-93-80(85)66-61-56-51-46-43-42-44-49-54-59-64-75(5)9-4)74-97-101(90,91)95-70-76(83)69-94-100(88,89)96-73-77(71-92-79(84)65-60-55-50-45-39-27-24-21-18-15-12-8-3)98-81(86)67-62-57-52-47-40-37-29-26-23-20-17-14-11-7-2/h75-78,83H,6-74H2,1-5H3,(H,88,89)(H,90,91)/t75?,76-,77+,78+/m0/s1. The first-order valence-corrected chi connectivity index (χ1v) is 45.7. The van der Waals surface area contributed by atoms with Gasteiger partial charge < -0.3 is 33.8 Å². The zero-order valence-corrected chi connectivity index (χ0v) is 67.8. The van der Waals surface area contributed by atoms with Gasteiger partial charge in [-0.15, -0.1) is 0 Å². The number of esters is 4. The first-order chi connectivity index (χ1) is 49.1. The molecule has 0 aromatic carbocycles. The summed E-state index contributed by atoms with van der Waals surface area (Å²) in [5, 5.41) is 10.7. The molecule has 0 aromatic rings. The summed E-state index contributed by atoms with van der Waals surface area (Å²) < 4.78 is 68.8. The Kier molecular flexibility index (Phi) is 73.5. The fourth-order valence-electron chi connectivity index (χ4n) is 12.7. The maximum atomic E-state index is 13.1. The Labute approximate surface area is 619 Å². The lowest BCUT2D eigenvalue weighted by molar-refractivity contribution is -0.161. The predicted molar refractivity (Wildman–Crippen MR) is 414 cm³/mol. The van der Waals surface area contributed by atoms with Crippen molar-refractivity contribution in [3.63, 3.8) is 0 Å². The van der Waals surface area contributed by atoms with Gasteiger partial charge in [0, 0.05) is 25.7 Å². The fourth-order valence-corrected chi connectivity index (χ4v) is 14.3. The highest BCUT2D eigenvalue weighted by Gasteiger charge is 2.30. The van der Waals surface area contributed by atoms with Crippen LogP contribution >= 0.6 is 15.6 Å². The summed E-state index contributed by atoms with van der Waals surface area (Å²) in [4.78, 5) is 73.1. The summed E-state index contributed by atoms with van der Waals surface area (Å²) in [6.07, 6.45) is 66.5. The number of aliphatic hydroxyl groups excluding tert-OH is 1. The first-order valence-electron chi connectivity index (χ1n) is 42.7. The summed E-state index contributed by atoms with van der Waals surface area (Å²) in [5.74, 6) is -1.29. The second-order valence-corrected chi connectivity index (χ2v) is 32.7. The van der Waals surface area contributed by atoms with Crippen molar-refractivity contribution in [2.24, 2.45) is 5.92 Å². The van der Waals surface area contributed by atoms with Crippen LogP contribution in [0.5, 0.6) is 0 Å². The molecule has 19 heteroatoms. The Morgan fingerprint density at radius 2 is 0.475 bits per heavy atom. The monoisotopic (exact) mass is 1480 g/mol. The predicted octanol–water partition coefficient (Wildman–Crippen LogP) is 24.8. The van der Waals surface area contributed by atoms with E-state index in [0.717, 1.165) is 95.8 Å². The van der Waals surface area contributed by atoms with E-state index in [1.165, 1.54) is 263 Å². The number of rotatable bonds is 82. The van der Waals surface area contributed by atoms with Gasteiger partial charge >= 0.3 is 39.5 Å². The molecule has 0 saturated heterocycles. The second kappa shape index (κ2) is 74.9. The first kappa shape index (κ1) is 99.1. The van der Waals surface area contributed by atoms with Gasteiger partial charge in [0.25, 0.3) is 0 Å². The highest BCUT2D eigenvalue weighted by Crippen LogP contribution is 2.45. The highest BCUT2D eigenvalue weighted by atomic mass is 31.2. The van der Waals surface area contributed by atoms with Crippen molar-refractivity contribution in [3.8, 4) is 0 Å². The van der Waals surface area contributed by atoms with Crippen molar-refractivity contribution in [1.82, 2.24) is 0 Å². The van der Waals surface area contributed by atoms with E-state index in [1.54, 1.807) is 0 Å². The number of hydrogen-bond donors (Lipinski definition) is 3. The van der Waals surface area contributed by atoms with Crippen LogP contribution < -0.4 is 0 Å². The van der Waals surface area contributed by atoms with Gasteiger partial charge in [0.05, 0.1) is 26.4 Å². The van der Waals surface area contributed by atoms with E-state index in [1.807, 2.05) is 0 Å². The molecule has 0 fully saturated rings. The van der Waals surface area contributed by atoms with E-state index >= 15 is 0 Å². The molecule has 0 heterocycles.